The number of nitrogens with two attached hydrogens (primary N) is 1. The highest BCUT2D eigenvalue weighted by Gasteiger charge is 2.22. The van der Waals surface area contributed by atoms with Crippen molar-refractivity contribution in [2.75, 3.05) is 6.61 Å². The van der Waals surface area contributed by atoms with Gasteiger partial charge in [0.15, 0.2) is 28.6 Å². The number of aromatic hydroxyl groups is 1. The highest BCUT2D eigenvalue weighted by atomic mass is 16.7. The molecule has 0 aliphatic carbocycles. The molecule has 0 saturated heterocycles. The molecule has 1 aromatic heterocycles. The SMILES string of the molecule is CC(=O)c1cc2c(OC(=O)OCCCC(N)C(=O)O)c3ccccc3c(O)c2o1. The monoisotopic (exact) mass is 401 g/mol. The lowest BCUT2D eigenvalue weighted by atomic mass is 10.1. The minimum Gasteiger partial charge on any atom is -0.504 e. The summed E-state index contributed by atoms with van der Waals surface area (Å²) in [7, 11) is 0. The van der Waals surface area contributed by atoms with Crippen molar-refractivity contribution in [1.82, 2.24) is 0 Å². The average molecular weight is 401 g/mol. The predicted molar refractivity (Wildman–Crippen MR) is 102 cm³/mol. The van der Waals surface area contributed by atoms with Gasteiger partial charge in [0.2, 0.25) is 0 Å². The molecule has 3 aromatic rings. The van der Waals surface area contributed by atoms with Gasteiger partial charge >= 0.3 is 12.1 Å². The minimum absolute atomic E-state index is 0.00600. The molecule has 0 aliphatic heterocycles. The molecule has 2 aromatic carbocycles. The molecule has 9 nitrogen and oxygen atoms in total. The van der Waals surface area contributed by atoms with Crippen LogP contribution in [0.2, 0.25) is 0 Å². The maximum atomic E-state index is 12.2. The van der Waals surface area contributed by atoms with Crippen LogP contribution >= 0.6 is 0 Å². The van der Waals surface area contributed by atoms with Crippen LogP contribution in [0.15, 0.2) is 34.7 Å². The van der Waals surface area contributed by atoms with Crippen molar-refractivity contribution in [3.8, 4) is 11.5 Å². The van der Waals surface area contributed by atoms with Crippen molar-refractivity contribution in [1.29, 1.82) is 0 Å². The van der Waals surface area contributed by atoms with Crippen LogP contribution in [0.3, 0.4) is 0 Å². The second kappa shape index (κ2) is 8.19. The van der Waals surface area contributed by atoms with Crippen LogP contribution in [0, 0.1) is 0 Å². The fourth-order valence-electron chi connectivity index (χ4n) is 2.87. The number of Topliss-reactive ketones (excluding diaryl/α,β-unsaturated/α-hetero) is 1. The maximum Gasteiger partial charge on any atom is 0.513 e. The van der Waals surface area contributed by atoms with Crippen molar-refractivity contribution in [3.05, 3.63) is 36.1 Å². The Morgan fingerprint density at radius 2 is 1.86 bits per heavy atom. The standard InChI is InChI=1S/C20H19NO8/c1-10(22)15-9-13-17(29-20(26)27-8-4-7-14(21)19(24)25)12-6-3-2-5-11(12)16(23)18(13)28-15/h2-3,5-6,9,14,23H,4,7-8,21H2,1H3,(H,24,25). The summed E-state index contributed by atoms with van der Waals surface area (Å²) >= 11 is 0. The Morgan fingerprint density at radius 1 is 1.17 bits per heavy atom. The number of carbonyl (C=O) groups excluding carboxylic acids is 2. The van der Waals surface area contributed by atoms with Crippen molar-refractivity contribution in [2.45, 2.75) is 25.8 Å². The van der Waals surface area contributed by atoms with Gasteiger partial charge in [-0.2, -0.15) is 0 Å². The number of benzene rings is 2. The molecule has 0 radical (unpaired) electrons. The van der Waals surface area contributed by atoms with E-state index in [1.165, 1.54) is 13.0 Å². The van der Waals surface area contributed by atoms with Crippen molar-refractivity contribution in [3.63, 3.8) is 0 Å². The minimum atomic E-state index is -1.13. The van der Waals surface area contributed by atoms with Gasteiger partial charge in [0, 0.05) is 17.7 Å². The first kappa shape index (κ1) is 20.2. The third-order valence-corrected chi connectivity index (χ3v) is 4.35. The molecule has 29 heavy (non-hydrogen) atoms. The van der Waals surface area contributed by atoms with Gasteiger partial charge < -0.3 is 29.8 Å². The smallest absolute Gasteiger partial charge is 0.504 e. The second-order valence-corrected chi connectivity index (χ2v) is 6.42. The first-order chi connectivity index (χ1) is 13.8. The van der Waals surface area contributed by atoms with Crippen LogP contribution in [0.1, 0.15) is 30.3 Å². The summed E-state index contributed by atoms with van der Waals surface area (Å²) in [6, 6.07) is 7.00. The molecule has 0 amide bonds. The molecule has 9 heteroatoms. The van der Waals surface area contributed by atoms with Crippen molar-refractivity contribution in [2.24, 2.45) is 5.73 Å². The van der Waals surface area contributed by atoms with Gasteiger partial charge in [-0.05, 0) is 18.9 Å². The van der Waals surface area contributed by atoms with E-state index >= 15 is 0 Å². The number of ether oxygens (including phenoxy) is 2. The van der Waals surface area contributed by atoms with Crippen LogP contribution < -0.4 is 10.5 Å². The van der Waals surface area contributed by atoms with E-state index < -0.39 is 18.2 Å². The van der Waals surface area contributed by atoms with Crippen molar-refractivity contribution >= 4 is 39.6 Å². The lowest BCUT2D eigenvalue weighted by Gasteiger charge is -2.11. The molecular formula is C20H19NO8. The number of carboxylic acids is 1. The van der Waals surface area contributed by atoms with Gasteiger partial charge in [-0.3, -0.25) is 9.59 Å². The topological polar surface area (TPSA) is 149 Å². The third kappa shape index (κ3) is 4.14. The van der Waals surface area contributed by atoms with E-state index in [0.29, 0.717) is 10.8 Å². The number of furan rings is 1. The summed E-state index contributed by atoms with van der Waals surface area (Å²) in [4.78, 5) is 34.5. The maximum absolute atomic E-state index is 12.2. The van der Waals surface area contributed by atoms with Crippen LogP contribution in [0.25, 0.3) is 21.7 Å². The van der Waals surface area contributed by atoms with Crippen LogP contribution in [0.4, 0.5) is 4.79 Å². The van der Waals surface area contributed by atoms with E-state index in [0.717, 1.165) is 0 Å². The van der Waals surface area contributed by atoms with E-state index in [1.54, 1.807) is 24.3 Å². The summed E-state index contributed by atoms with van der Waals surface area (Å²) < 4.78 is 15.8. The first-order valence-electron chi connectivity index (χ1n) is 8.80. The van der Waals surface area contributed by atoms with E-state index in [2.05, 4.69) is 0 Å². The average Bonchev–Trinajstić information content (AvgIpc) is 3.14. The highest BCUT2D eigenvalue weighted by Crippen LogP contribution is 2.43. The number of hydrogen-bond donors (Lipinski definition) is 3. The number of phenolic OH excluding ortho intramolecular Hbond substituents is 1. The molecule has 0 fully saturated rings. The molecule has 0 bridgehead atoms. The highest BCUT2D eigenvalue weighted by molar-refractivity contribution is 6.11. The van der Waals surface area contributed by atoms with Gasteiger partial charge in [-0.15, -0.1) is 0 Å². The van der Waals surface area contributed by atoms with Crippen LogP contribution in [-0.2, 0) is 9.53 Å². The molecule has 1 atom stereocenters. The van der Waals surface area contributed by atoms with Gasteiger partial charge in [0.1, 0.15) is 6.04 Å². The van der Waals surface area contributed by atoms with E-state index in [-0.39, 0.29) is 53.5 Å². The summed E-state index contributed by atoms with van der Waals surface area (Å²) in [6.45, 7) is 1.23. The Hall–Kier alpha value is -3.59. The van der Waals surface area contributed by atoms with E-state index in [9.17, 15) is 19.5 Å². The molecule has 0 saturated carbocycles. The van der Waals surface area contributed by atoms with Crippen molar-refractivity contribution < 1.29 is 38.5 Å². The molecule has 3 rings (SSSR count). The fourth-order valence-corrected chi connectivity index (χ4v) is 2.87. The summed E-state index contributed by atoms with van der Waals surface area (Å²) in [5.74, 6) is -1.57. The van der Waals surface area contributed by atoms with Crippen LogP contribution in [-0.4, -0.2) is 40.8 Å². The molecule has 0 spiro atoms. The lowest BCUT2D eigenvalue weighted by molar-refractivity contribution is -0.138. The Kier molecular flexibility index (Phi) is 5.69. The Morgan fingerprint density at radius 3 is 2.52 bits per heavy atom. The lowest BCUT2D eigenvalue weighted by Crippen LogP contribution is -2.30. The predicted octanol–water partition coefficient (Wildman–Crippen LogP) is 3.20. The Labute approximate surface area is 164 Å². The zero-order valence-electron chi connectivity index (χ0n) is 15.5. The third-order valence-electron chi connectivity index (χ3n) is 4.35. The summed E-state index contributed by atoms with van der Waals surface area (Å²) in [5.41, 5.74) is 5.41. The van der Waals surface area contributed by atoms with E-state index in [1.807, 2.05) is 0 Å². The molecule has 0 aliphatic rings. The van der Waals surface area contributed by atoms with Gasteiger partial charge in [-0.25, -0.2) is 4.79 Å². The molecule has 1 unspecified atom stereocenters. The number of carboxylic acid groups (broad SMARTS) is 1. The zero-order valence-corrected chi connectivity index (χ0v) is 15.5. The fraction of sp³-hybridized carbons (Fsp3) is 0.250. The zero-order chi connectivity index (χ0) is 21.1. The number of rotatable bonds is 7. The van der Waals surface area contributed by atoms with E-state index in [4.69, 9.17) is 24.7 Å². The Balaban J connectivity index is 1.87. The normalized spacial score (nSPS) is 12.1. The first-order valence-corrected chi connectivity index (χ1v) is 8.80. The number of phenols is 1. The molecule has 152 valence electrons. The molecule has 1 heterocycles. The second-order valence-electron chi connectivity index (χ2n) is 6.42. The number of ketones is 1. The number of aliphatic carboxylic acids is 1. The van der Waals surface area contributed by atoms with Gasteiger partial charge in [0.05, 0.1) is 12.0 Å². The van der Waals surface area contributed by atoms with Gasteiger partial charge in [-0.1, -0.05) is 24.3 Å². The summed E-state index contributed by atoms with van der Waals surface area (Å²) in [5, 5.41) is 20.3. The van der Waals surface area contributed by atoms with Gasteiger partial charge in [0.25, 0.3) is 0 Å². The molecule has 4 N–H and O–H groups in total. The number of fused-ring (bicyclic) bond motifs is 2. The quantitative estimate of drug-likeness (QED) is 0.235. The largest absolute Gasteiger partial charge is 0.513 e. The number of hydrogen-bond acceptors (Lipinski definition) is 8. The molecular weight excluding hydrogens is 382 g/mol. The number of carbonyl (C=O) groups is 3. The van der Waals surface area contributed by atoms with Crippen LogP contribution in [0.5, 0.6) is 11.5 Å². The Bertz CT molecular complexity index is 1100. The summed E-state index contributed by atoms with van der Waals surface area (Å²) in [6.07, 6.45) is -0.635.